The lowest BCUT2D eigenvalue weighted by atomic mass is 9.79. The molecule has 0 aliphatic carbocycles. The highest BCUT2D eigenvalue weighted by Crippen LogP contribution is 2.45. The van der Waals surface area contributed by atoms with Crippen LogP contribution in [0.1, 0.15) is 91.3 Å². The van der Waals surface area contributed by atoms with Gasteiger partial charge in [0.05, 0.1) is 21.3 Å². The highest BCUT2D eigenvalue weighted by atomic mass is 32.2. The second-order valence-electron chi connectivity index (χ2n) is 13.8. The van der Waals surface area contributed by atoms with Gasteiger partial charge in [-0.25, -0.2) is 0 Å². The van der Waals surface area contributed by atoms with Gasteiger partial charge in [-0.2, -0.15) is 11.8 Å². The fraction of sp³-hybridized carbons (Fsp3) is 0.647. The van der Waals surface area contributed by atoms with Crippen LogP contribution in [0.15, 0.2) is 29.2 Å². The summed E-state index contributed by atoms with van der Waals surface area (Å²) in [6.45, 7) is 21.2. The largest absolute Gasteiger partial charge is 0.507 e. The number of phenolic OH excluding ortho intramolecular Hbond substituents is 1. The lowest BCUT2D eigenvalue weighted by Crippen LogP contribution is -2.37. The zero-order valence-electron chi connectivity index (χ0n) is 27.3. The number of hydrogen-bond donors (Lipinski definition) is 1. The molecule has 0 bridgehead atoms. The van der Waals surface area contributed by atoms with Crippen LogP contribution in [0.5, 0.6) is 23.0 Å². The van der Waals surface area contributed by atoms with Crippen LogP contribution >= 0.6 is 23.5 Å². The fourth-order valence-corrected chi connectivity index (χ4v) is 7.76. The molecule has 1 aliphatic heterocycles. The van der Waals surface area contributed by atoms with Gasteiger partial charge in [0.1, 0.15) is 5.75 Å². The Kier molecular flexibility index (Phi) is 11.3. The third-order valence-electron chi connectivity index (χ3n) is 7.92. The summed E-state index contributed by atoms with van der Waals surface area (Å²) in [7, 11) is 5.00. The molecule has 2 aromatic rings. The van der Waals surface area contributed by atoms with E-state index < -0.39 is 0 Å². The molecule has 0 unspecified atom stereocenters. The minimum Gasteiger partial charge on any atom is -0.507 e. The van der Waals surface area contributed by atoms with Crippen LogP contribution in [-0.4, -0.2) is 61.0 Å². The van der Waals surface area contributed by atoms with E-state index in [2.05, 4.69) is 78.5 Å². The first kappa shape index (κ1) is 33.8. The number of methoxy groups -OCH3 is 3. The van der Waals surface area contributed by atoms with Crippen molar-refractivity contribution in [1.29, 1.82) is 0 Å². The van der Waals surface area contributed by atoms with Gasteiger partial charge >= 0.3 is 0 Å². The number of aromatic hydroxyl groups is 1. The molecule has 1 fully saturated rings. The molecule has 7 heteroatoms. The summed E-state index contributed by atoms with van der Waals surface area (Å²) in [4.78, 5) is 3.89. The first-order valence-electron chi connectivity index (χ1n) is 14.8. The molecule has 3 rings (SSSR count). The van der Waals surface area contributed by atoms with Crippen LogP contribution in [-0.2, 0) is 16.6 Å². The van der Waals surface area contributed by atoms with Crippen LogP contribution in [0, 0.1) is 0 Å². The summed E-state index contributed by atoms with van der Waals surface area (Å²) >= 11 is 3.97. The van der Waals surface area contributed by atoms with E-state index in [1.54, 1.807) is 21.3 Å². The fourth-order valence-electron chi connectivity index (χ4n) is 5.39. The van der Waals surface area contributed by atoms with Crippen molar-refractivity contribution >= 4 is 23.5 Å². The first-order valence-corrected chi connectivity index (χ1v) is 16.6. The normalized spacial score (nSPS) is 15.7. The monoisotopic (exact) mass is 603 g/mol. The van der Waals surface area contributed by atoms with Crippen LogP contribution in [0.25, 0.3) is 0 Å². The summed E-state index contributed by atoms with van der Waals surface area (Å²) in [5.74, 6) is 3.49. The van der Waals surface area contributed by atoms with Crippen molar-refractivity contribution in [2.45, 2.75) is 106 Å². The molecule has 1 heterocycles. The standard InChI is InChI=1S/C34H53NO4S2/c1-32(2,3)26-20-25(21-27(29(26)36)33(4,5)6)41-34(7,8)16-19-35-17-14-24(15-18-35)40-22-23-12-13-28(37-9)31(39-11)30(23)38-10/h12-13,20-21,24,36H,14-19,22H2,1-11H3. The van der Waals surface area contributed by atoms with Gasteiger partial charge in [-0.05, 0) is 67.9 Å². The maximum Gasteiger partial charge on any atom is 0.203 e. The zero-order chi connectivity index (χ0) is 30.6. The van der Waals surface area contributed by atoms with Crippen molar-refractivity contribution in [2.24, 2.45) is 0 Å². The topological polar surface area (TPSA) is 51.2 Å². The number of likely N-dealkylation sites (tertiary alicyclic amines) is 1. The Balaban J connectivity index is 1.56. The predicted molar refractivity (Wildman–Crippen MR) is 177 cm³/mol. The number of nitrogens with zero attached hydrogens (tertiary/aromatic N) is 1. The summed E-state index contributed by atoms with van der Waals surface area (Å²) in [5.41, 5.74) is 2.99. The van der Waals surface area contributed by atoms with Gasteiger partial charge in [-0.1, -0.05) is 61.5 Å². The van der Waals surface area contributed by atoms with Crippen molar-refractivity contribution in [3.8, 4) is 23.0 Å². The molecule has 0 radical (unpaired) electrons. The molecule has 2 aromatic carbocycles. The third kappa shape index (κ3) is 8.90. The van der Waals surface area contributed by atoms with Crippen molar-refractivity contribution in [3.05, 3.63) is 41.0 Å². The van der Waals surface area contributed by atoms with E-state index in [-0.39, 0.29) is 15.6 Å². The Morgan fingerprint density at radius 1 is 0.829 bits per heavy atom. The number of rotatable bonds is 11. The lowest BCUT2D eigenvalue weighted by molar-refractivity contribution is 0.224. The van der Waals surface area contributed by atoms with E-state index in [0.29, 0.717) is 22.5 Å². The van der Waals surface area contributed by atoms with Gasteiger partial charge in [0.25, 0.3) is 0 Å². The molecule has 230 valence electrons. The highest BCUT2D eigenvalue weighted by Gasteiger charge is 2.29. The zero-order valence-corrected chi connectivity index (χ0v) is 28.9. The van der Waals surface area contributed by atoms with E-state index in [9.17, 15) is 5.11 Å². The molecular weight excluding hydrogens is 551 g/mol. The molecular formula is C34H53NO4S2. The molecule has 41 heavy (non-hydrogen) atoms. The predicted octanol–water partition coefficient (Wildman–Crippen LogP) is 8.67. The quantitative estimate of drug-likeness (QED) is 0.258. The maximum atomic E-state index is 11.1. The van der Waals surface area contributed by atoms with Gasteiger partial charge < -0.3 is 24.2 Å². The van der Waals surface area contributed by atoms with Crippen LogP contribution in [0.4, 0.5) is 0 Å². The molecule has 0 saturated carbocycles. The summed E-state index contributed by atoms with van der Waals surface area (Å²) < 4.78 is 16.8. The number of benzene rings is 2. The highest BCUT2D eigenvalue weighted by molar-refractivity contribution is 8.00. The van der Waals surface area contributed by atoms with E-state index in [0.717, 1.165) is 54.2 Å². The Morgan fingerprint density at radius 3 is 1.88 bits per heavy atom. The molecule has 0 atom stereocenters. The molecule has 1 saturated heterocycles. The number of thioether (sulfide) groups is 2. The summed E-state index contributed by atoms with van der Waals surface area (Å²) in [6, 6.07) is 8.48. The molecule has 5 nitrogen and oxygen atoms in total. The van der Waals surface area contributed by atoms with Gasteiger partial charge in [0.15, 0.2) is 11.5 Å². The molecule has 0 aromatic heterocycles. The minimum atomic E-state index is -0.113. The molecule has 1 aliphatic rings. The van der Waals surface area contributed by atoms with Gasteiger partial charge in [-0.15, -0.1) is 11.8 Å². The first-order chi connectivity index (χ1) is 19.1. The molecule has 0 spiro atoms. The smallest absolute Gasteiger partial charge is 0.203 e. The lowest BCUT2D eigenvalue weighted by Gasteiger charge is -2.35. The number of piperidine rings is 1. The van der Waals surface area contributed by atoms with Gasteiger partial charge in [-0.3, -0.25) is 0 Å². The SMILES string of the molecule is COc1ccc(CSC2CCN(CCC(C)(C)Sc3cc(C(C)(C)C)c(O)c(C(C)(C)C)c3)CC2)c(OC)c1OC. The van der Waals surface area contributed by atoms with E-state index >= 15 is 0 Å². The van der Waals surface area contributed by atoms with Crippen molar-refractivity contribution in [1.82, 2.24) is 4.90 Å². The number of ether oxygens (including phenoxy) is 3. The van der Waals surface area contributed by atoms with E-state index in [4.69, 9.17) is 14.2 Å². The Hall–Kier alpha value is -1.70. The van der Waals surface area contributed by atoms with Gasteiger partial charge in [0, 0.05) is 37.3 Å². The molecule has 1 N–H and O–H groups in total. The molecule has 0 amide bonds. The Labute approximate surface area is 258 Å². The summed E-state index contributed by atoms with van der Waals surface area (Å²) in [6.07, 6.45) is 3.53. The second-order valence-corrected chi connectivity index (χ2v) is 16.9. The van der Waals surface area contributed by atoms with Gasteiger partial charge in [0.2, 0.25) is 5.75 Å². The number of hydrogen-bond acceptors (Lipinski definition) is 7. The van der Waals surface area contributed by atoms with Crippen LogP contribution in [0.2, 0.25) is 0 Å². The Bertz CT molecular complexity index is 1120. The Morgan fingerprint density at radius 2 is 1.39 bits per heavy atom. The third-order valence-corrected chi connectivity index (χ3v) is 10.6. The average molecular weight is 604 g/mol. The average Bonchev–Trinajstić information content (AvgIpc) is 2.90. The maximum absolute atomic E-state index is 11.1. The number of phenols is 1. The van der Waals surface area contributed by atoms with E-state index in [1.807, 2.05) is 29.6 Å². The van der Waals surface area contributed by atoms with Crippen LogP contribution in [0.3, 0.4) is 0 Å². The van der Waals surface area contributed by atoms with Crippen molar-refractivity contribution in [3.63, 3.8) is 0 Å². The second kappa shape index (κ2) is 13.7. The summed E-state index contributed by atoms with van der Waals surface area (Å²) in [5, 5.41) is 11.8. The van der Waals surface area contributed by atoms with Crippen LogP contribution < -0.4 is 14.2 Å². The minimum absolute atomic E-state index is 0.0941. The van der Waals surface area contributed by atoms with Crippen molar-refractivity contribution < 1.29 is 19.3 Å². The van der Waals surface area contributed by atoms with Crippen molar-refractivity contribution in [2.75, 3.05) is 41.0 Å². The van der Waals surface area contributed by atoms with E-state index in [1.165, 1.54) is 17.7 Å².